The van der Waals surface area contributed by atoms with Crippen LogP contribution in [0.3, 0.4) is 0 Å². The van der Waals surface area contributed by atoms with Gasteiger partial charge < -0.3 is 5.32 Å². The molecule has 3 rings (SSSR count). The molecule has 0 aliphatic heterocycles. The summed E-state index contributed by atoms with van der Waals surface area (Å²) in [6, 6.07) is 20.5. The topological polar surface area (TPSA) is 75.3 Å². The number of nitrogens with one attached hydrogen (secondary N) is 2. The molecule has 1 amide bonds. The van der Waals surface area contributed by atoms with Crippen LogP contribution in [0, 0.1) is 20.8 Å². The van der Waals surface area contributed by atoms with E-state index < -0.39 is 16.1 Å². The molecular formula is C26H30N2O3S. The van der Waals surface area contributed by atoms with E-state index in [2.05, 4.69) is 29.1 Å². The van der Waals surface area contributed by atoms with E-state index in [-0.39, 0.29) is 23.3 Å². The van der Waals surface area contributed by atoms with E-state index in [4.69, 9.17) is 0 Å². The fraction of sp³-hybridized carbons (Fsp3) is 0.269. The van der Waals surface area contributed by atoms with E-state index >= 15 is 0 Å². The Morgan fingerprint density at radius 1 is 0.844 bits per heavy atom. The predicted molar refractivity (Wildman–Crippen MR) is 128 cm³/mol. The Kier molecular flexibility index (Phi) is 7.48. The highest BCUT2D eigenvalue weighted by Crippen LogP contribution is 2.22. The fourth-order valence-corrected chi connectivity index (χ4v) is 4.95. The van der Waals surface area contributed by atoms with Crippen molar-refractivity contribution < 1.29 is 13.2 Å². The first-order valence-corrected chi connectivity index (χ1v) is 12.1. The van der Waals surface area contributed by atoms with Gasteiger partial charge in [-0.05, 0) is 74.1 Å². The average molecular weight is 451 g/mol. The summed E-state index contributed by atoms with van der Waals surface area (Å²) in [5.74, 6) is -0.363. The number of aryl methyl sites for hydroxylation is 3. The standard InChI is InChI=1S/C26H30N2O3S/c1-18-15-20(3)24(16-19(18)2)21(4)27-26(29)25(17-22-11-7-5-8-12-22)28-32(30,31)23-13-9-6-10-14-23/h5-16,21,25,28H,17H2,1-4H3,(H,27,29)/t21-,25+/m0/s1. The summed E-state index contributed by atoms with van der Waals surface area (Å²) in [4.78, 5) is 13.4. The zero-order valence-electron chi connectivity index (χ0n) is 18.9. The summed E-state index contributed by atoms with van der Waals surface area (Å²) in [6.07, 6.45) is 0.247. The minimum atomic E-state index is -3.86. The zero-order valence-corrected chi connectivity index (χ0v) is 19.7. The molecule has 0 fully saturated rings. The van der Waals surface area contributed by atoms with Crippen LogP contribution in [0.1, 0.15) is 40.8 Å². The van der Waals surface area contributed by atoms with Crippen molar-refractivity contribution in [2.75, 3.05) is 0 Å². The number of sulfonamides is 1. The maximum absolute atomic E-state index is 13.3. The minimum absolute atomic E-state index is 0.129. The van der Waals surface area contributed by atoms with Gasteiger partial charge in [0.2, 0.25) is 15.9 Å². The van der Waals surface area contributed by atoms with Gasteiger partial charge in [-0.1, -0.05) is 60.7 Å². The second kappa shape index (κ2) is 10.1. The molecule has 2 atom stereocenters. The number of rotatable bonds is 8. The quantitative estimate of drug-likeness (QED) is 0.535. The number of carbonyl (C=O) groups is 1. The second-order valence-electron chi connectivity index (χ2n) is 8.20. The highest BCUT2D eigenvalue weighted by molar-refractivity contribution is 7.89. The van der Waals surface area contributed by atoms with Gasteiger partial charge >= 0.3 is 0 Å². The third kappa shape index (κ3) is 5.84. The lowest BCUT2D eigenvalue weighted by Gasteiger charge is -2.23. The van der Waals surface area contributed by atoms with E-state index in [0.29, 0.717) is 0 Å². The normalized spacial score (nSPS) is 13.4. The van der Waals surface area contributed by atoms with Crippen LogP contribution in [0.5, 0.6) is 0 Å². The number of hydrogen-bond acceptors (Lipinski definition) is 3. The molecule has 0 aliphatic rings. The third-order valence-electron chi connectivity index (χ3n) is 5.66. The van der Waals surface area contributed by atoms with E-state index in [1.807, 2.05) is 51.1 Å². The highest BCUT2D eigenvalue weighted by atomic mass is 32.2. The van der Waals surface area contributed by atoms with Crippen molar-refractivity contribution in [2.24, 2.45) is 0 Å². The molecule has 168 valence electrons. The number of hydrogen-bond donors (Lipinski definition) is 2. The van der Waals surface area contributed by atoms with Gasteiger partial charge in [0.25, 0.3) is 0 Å². The van der Waals surface area contributed by atoms with Crippen molar-refractivity contribution in [1.29, 1.82) is 0 Å². The minimum Gasteiger partial charge on any atom is -0.348 e. The summed E-state index contributed by atoms with van der Waals surface area (Å²) in [6.45, 7) is 8.03. The van der Waals surface area contributed by atoms with Crippen molar-refractivity contribution in [3.05, 3.63) is 101 Å². The Balaban J connectivity index is 1.85. The number of benzene rings is 3. The Morgan fingerprint density at radius 2 is 1.41 bits per heavy atom. The van der Waals surface area contributed by atoms with Crippen LogP contribution in [0.15, 0.2) is 77.7 Å². The number of amides is 1. The molecule has 0 heterocycles. The molecule has 5 nitrogen and oxygen atoms in total. The van der Waals surface area contributed by atoms with E-state index in [1.54, 1.807) is 18.2 Å². The van der Waals surface area contributed by atoms with Crippen molar-refractivity contribution in [1.82, 2.24) is 10.0 Å². The van der Waals surface area contributed by atoms with Crippen LogP contribution in [0.4, 0.5) is 0 Å². The summed E-state index contributed by atoms with van der Waals surface area (Å²) >= 11 is 0. The predicted octanol–water partition coefficient (Wildman–Crippen LogP) is 4.38. The van der Waals surface area contributed by atoms with Gasteiger partial charge in [-0.2, -0.15) is 4.72 Å². The van der Waals surface area contributed by atoms with E-state index in [0.717, 1.165) is 22.3 Å². The van der Waals surface area contributed by atoms with E-state index in [9.17, 15) is 13.2 Å². The van der Waals surface area contributed by atoms with Crippen molar-refractivity contribution in [3.8, 4) is 0 Å². The highest BCUT2D eigenvalue weighted by Gasteiger charge is 2.27. The maximum atomic E-state index is 13.3. The molecule has 0 radical (unpaired) electrons. The second-order valence-corrected chi connectivity index (χ2v) is 9.91. The molecule has 0 saturated heterocycles. The SMILES string of the molecule is Cc1cc(C)c([C@H](C)NC(=O)[C@@H](Cc2ccccc2)NS(=O)(=O)c2ccccc2)cc1C. The van der Waals surface area contributed by atoms with E-state index in [1.165, 1.54) is 17.7 Å². The Morgan fingerprint density at radius 3 is 2.03 bits per heavy atom. The van der Waals surface area contributed by atoms with Gasteiger partial charge in [-0.15, -0.1) is 0 Å². The van der Waals surface area contributed by atoms with Gasteiger partial charge in [0, 0.05) is 0 Å². The first-order valence-electron chi connectivity index (χ1n) is 10.7. The molecule has 0 aromatic heterocycles. The molecule has 0 spiro atoms. The summed E-state index contributed by atoms with van der Waals surface area (Å²) in [7, 11) is -3.86. The van der Waals surface area contributed by atoms with Crippen LogP contribution in [0.2, 0.25) is 0 Å². The van der Waals surface area contributed by atoms with Gasteiger partial charge in [-0.3, -0.25) is 4.79 Å². The van der Waals surface area contributed by atoms with Gasteiger partial charge in [0.05, 0.1) is 10.9 Å². The third-order valence-corrected chi connectivity index (χ3v) is 7.15. The zero-order chi connectivity index (χ0) is 23.3. The van der Waals surface area contributed by atoms with Crippen LogP contribution in [0.25, 0.3) is 0 Å². The molecule has 0 bridgehead atoms. The fourth-order valence-electron chi connectivity index (χ4n) is 3.73. The van der Waals surface area contributed by atoms with Crippen LogP contribution >= 0.6 is 0 Å². The average Bonchev–Trinajstić information content (AvgIpc) is 2.77. The Hall–Kier alpha value is -2.96. The number of carbonyl (C=O) groups excluding carboxylic acids is 1. The molecule has 3 aromatic carbocycles. The van der Waals surface area contributed by atoms with Crippen LogP contribution in [-0.2, 0) is 21.2 Å². The van der Waals surface area contributed by atoms with Crippen LogP contribution < -0.4 is 10.0 Å². The van der Waals surface area contributed by atoms with Crippen molar-refractivity contribution in [2.45, 2.75) is 51.1 Å². The molecular weight excluding hydrogens is 420 g/mol. The summed E-state index contributed by atoms with van der Waals surface area (Å²) in [5, 5.41) is 3.01. The molecule has 32 heavy (non-hydrogen) atoms. The van der Waals surface area contributed by atoms with Crippen molar-refractivity contribution in [3.63, 3.8) is 0 Å². The summed E-state index contributed by atoms with van der Waals surface area (Å²) in [5.41, 5.74) is 5.33. The molecule has 6 heteroatoms. The summed E-state index contributed by atoms with van der Waals surface area (Å²) < 4.78 is 28.5. The Labute approximate surface area is 190 Å². The van der Waals surface area contributed by atoms with Gasteiger partial charge in [0.1, 0.15) is 6.04 Å². The molecule has 0 aliphatic carbocycles. The molecule has 3 aromatic rings. The largest absolute Gasteiger partial charge is 0.348 e. The maximum Gasteiger partial charge on any atom is 0.241 e. The van der Waals surface area contributed by atoms with Gasteiger partial charge in [0.15, 0.2) is 0 Å². The lowest BCUT2D eigenvalue weighted by Crippen LogP contribution is -2.48. The molecule has 0 unspecified atom stereocenters. The Bertz CT molecular complexity index is 1180. The molecule has 2 N–H and O–H groups in total. The van der Waals surface area contributed by atoms with Crippen molar-refractivity contribution >= 4 is 15.9 Å². The first kappa shape index (κ1) is 23.7. The smallest absolute Gasteiger partial charge is 0.241 e. The molecule has 0 saturated carbocycles. The monoisotopic (exact) mass is 450 g/mol. The van der Waals surface area contributed by atoms with Gasteiger partial charge in [-0.25, -0.2) is 8.42 Å². The lowest BCUT2D eigenvalue weighted by molar-refractivity contribution is -0.123. The lowest BCUT2D eigenvalue weighted by atomic mass is 9.96. The first-order chi connectivity index (χ1) is 15.2. The van der Waals surface area contributed by atoms with Crippen LogP contribution in [-0.4, -0.2) is 20.4 Å².